The summed E-state index contributed by atoms with van der Waals surface area (Å²) < 4.78 is 17.3. The van der Waals surface area contributed by atoms with Gasteiger partial charge in [-0.05, 0) is 65.3 Å². The summed E-state index contributed by atoms with van der Waals surface area (Å²) >= 11 is 0. The Balaban J connectivity index is 1.45. The maximum absolute atomic E-state index is 14.9. The molecular formula is C41H40N2O12. The lowest BCUT2D eigenvalue weighted by atomic mass is 9.75. The second-order valence-corrected chi connectivity index (χ2v) is 14.0. The molecule has 0 aromatic heterocycles. The number of fused-ring (bicyclic) bond motifs is 3. The number of carbonyl (C=O) groups excluding carboxylic acids is 3. The number of ether oxygens (including phenoxy) is 3. The van der Waals surface area contributed by atoms with Crippen LogP contribution in [0.1, 0.15) is 97.2 Å². The summed E-state index contributed by atoms with van der Waals surface area (Å²) in [6.07, 6.45) is -5.46. The number of rotatable bonds is 8. The third-order valence-corrected chi connectivity index (χ3v) is 10.3. The van der Waals surface area contributed by atoms with Gasteiger partial charge in [-0.15, -0.1) is 0 Å². The van der Waals surface area contributed by atoms with Gasteiger partial charge in [0.1, 0.15) is 23.4 Å². The van der Waals surface area contributed by atoms with Gasteiger partial charge in [0.15, 0.2) is 17.7 Å². The van der Waals surface area contributed by atoms with Crippen molar-refractivity contribution in [3.63, 3.8) is 0 Å². The number of phenols is 1. The van der Waals surface area contributed by atoms with E-state index in [-0.39, 0.29) is 51.3 Å². The molecule has 2 aliphatic carbocycles. The van der Waals surface area contributed by atoms with E-state index in [1.165, 1.54) is 26.0 Å². The highest BCUT2D eigenvalue weighted by Crippen LogP contribution is 2.47. The van der Waals surface area contributed by atoms with Crippen molar-refractivity contribution >= 4 is 29.2 Å². The van der Waals surface area contributed by atoms with Crippen LogP contribution < -0.4 is 20.9 Å². The molecule has 0 bridgehead atoms. The third-order valence-electron chi connectivity index (χ3n) is 10.3. The lowest BCUT2D eigenvalue weighted by Crippen LogP contribution is -2.67. The molecule has 10 N–H and O–H groups in total. The Morgan fingerprint density at radius 2 is 1.67 bits per heavy atom. The van der Waals surface area contributed by atoms with Gasteiger partial charge in [0.05, 0.1) is 24.4 Å². The Morgan fingerprint density at radius 3 is 2.38 bits per heavy atom. The molecule has 14 nitrogen and oxygen atoms in total. The summed E-state index contributed by atoms with van der Waals surface area (Å²) in [7, 11) is 0. The number of aliphatic hydroxyl groups is 5. The van der Waals surface area contributed by atoms with Crippen LogP contribution in [0.2, 0.25) is 0 Å². The second-order valence-electron chi connectivity index (χ2n) is 14.0. The standard InChI is InChI=1S/C41H40N2O12/c1-18-37(49)41(51,52)38(50)40(53-18)55-28-16-27-32(34(46)26(28)13-20-6-5-9-24(12-20)39(42)43)36(48)31-25(17-44)15-29(54-19(2)45)30(33(31)35(27)47)23-11-10-21-7-3-4-8-22(21)14-23/h3-9,12,14-16,18,37-40,44,46,49-52H,10-11,13,17,42-43H2,1-2H3/t18-,37+,38-,40+/m0/s1. The first-order valence-electron chi connectivity index (χ1n) is 17.6. The van der Waals surface area contributed by atoms with Gasteiger partial charge in [0.25, 0.3) is 0 Å². The van der Waals surface area contributed by atoms with Crippen LogP contribution in [-0.4, -0.2) is 78.6 Å². The minimum absolute atomic E-state index is 0.0183. The Morgan fingerprint density at radius 1 is 0.927 bits per heavy atom. The topological polar surface area (TPSA) is 252 Å². The molecule has 55 heavy (non-hydrogen) atoms. The molecule has 0 unspecified atom stereocenters. The van der Waals surface area contributed by atoms with Crippen LogP contribution >= 0.6 is 0 Å². The van der Waals surface area contributed by atoms with E-state index in [2.05, 4.69) is 0 Å². The van der Waals surface area contributed by atoms with E-state index < -0.39 is 72.0 Å². The van der Waals surface area contributed by atoms with Gasteiger partial charge in [-0.1, -0.05) is 54.6 Å². The molecule has 4 aromatic rings. The molecule has 0 amide bonds. The minimum atomic E-state index is -3.08. The number of hydrogen-bond acceptors (Lipinski definition) is 14. The quantitative estimate of drug-likeness (QED) is 0.0642. The highest BCUT2D eigenvalue weighted by molar-refractivity contribution is 6.31. The van der Waals surface area contributed by atoms with Gasteiger partial charge in [-0.25, -0.2) is 0 Å². The van der Waals surface area contributed by atoms with E-state index in [1.54, 1.807) is 24.3 Å². The van der Waals surface area contributed by atoms with Crippen LogP contribution in [0.15, 0.2) is 60.7 Å². The maximum Gasteiger partial charge on any atom is 0.308 e. The molecule has 14 heteroatoms. The van der Waals surface area contributed by atoms with Gasteiger partial charge in [0, 0.05) is 41.2 Å². The predicted octanol–water partition coefficient (Wildman–Crippen LogP) is 2.11. The van der Waals surface area contributed by atoms with E-state index >= 15 is 0 Å². The third kappa shape index (κ3) is 6.62. The van der Waals surface area contributed by atoms with Crippen LogP contribution in [0.25, 0.3) is 11.6 Å². The molecule has 4 aromatic carbocycles. The normalized spacial score (nSPS) is 21.4. The lowest BCUT2D eigenvalue weighted by Gasteiger charge is -2.44. The van der Waals surface area contributed by atoms with E-state index in [1.807, 2.05) is 30.3 Å². The van der Waals surface area contributed by atoms with E-state index in [4.69, 9.17) is 25.7 Å². The number of ketones is 2. The van der Waals surface area contributed by atoms with Crippen molar-refractivity contribution in [2.45, 2.75) is 76.3 Å². The van der Waals surface area contributed by atoms with Crippen molar-refractivity contribution in [1.29, 1.82) is 0 Å². The molecule has 0 radical (unpaired) electrons. The fourth-order valence-corrected chi connectivity index (χ4v) is 7.55. The number of aliphatic hydroxyl groups excluding tert-OH is 3. The van der Waals surface area contributed by atoms with Crippen molar-refractivity contribution in [3.8, 4) is 17.2 Å². The van der Waals surface area contributed by atoms with Gasteiger partial charge >= 0.3 is 5.97 Å². The van der Waals surface area contributed by atoms with Crippen LogP contribution in [0.3, 0.4) is 0 Å². The fourth-order valence-electron chi connectivity index (χ4n) is 7.55. The van der Waals surface area contributed by atoms with E-state index in [0.717, 1.165) is 11.1 Å². The lowest BCUT2D eigenvalue weighted by molar-refractivity contribution is -0.371. The second kappa shape index (κ2) is 14.4. The Hall–Kier alpha value is -5.29. The molecule has 1 saturated heterocycles. The molecule has 3 aliphatic rings. The fraction of sp³-hybridized carbons (Fsp3) is 0.293. The van der Waals surface area contributed by atoms with Crippen molar-refractivity contribution < 1.29 is 59.2 Å². The van der Waals surface area contributed by atoms with Crippen LogP contribution in [-0.2, 0) is 29.0 Å². The van der Waals surface area contributed by atoms with Gasteiger partial charge < -0.3 is 56.3 Å². The smallest absolute Gasteiger partial charge is 0.308 e. The predicted molar refractivity (Wildman–Crippen MR) is 196 cm³/mol. The van der Waals surface area contributed by atoms with Crippen molar-refractivity contribution in [2.24, 2.45) is 11.5 Å². The molecule has 1 aliphatic heterocycles. The number of aromatic hydroxyl groups is 1. The summed E-state index contributed by atoms with van der Waals surface area (Å²) in [6, 6.07) is 16.9. The molecular weight excluding hydrogens is 712 g/mol. The zero-order chi connectivity index (χ0) is 39.5. The Labute approximate surface area is 314 Å². The highest BCUT2D eigenvalue weighted by Gasteiger charge is 2.54. The molecule has 7 rings (SSSR count). The van der Waals surface area contributed by atoms with Crippen LogP contribution in [0.5, 0.6) is 17.2 Å². The van der Waals surface area contributed by atoms with Crippen molar-refractivity contribution in [1.82, 2.24) is 0 Å². The van der Waals surface area contributed by atoms with E-state index in [0.29, 0.717) is 29.5 Å². The van der Waals surface area contributed by atoms with Gasteiger partial charge in [-0.2, -0.15) is 0 Å². The largest absolute Gasteiger partial charge is 0.507 e. The summed E-state index contributed by atoms with van der Waals surface area (Å²) in [6.45, 7) is 1.78. The van der Waals surface area contributed by atoms with Gasteiger partial charge in [-0.3, -0.25) is 14.4 Å². The monoisotopic (exact) mass is 752 g/mol. The molecule has 0 spiro atoms. The highest BCUT2D eigenvalue weighted by atomic mass is 16.7. The Kier molecular flexibility index (Phi) is 9.96. The molecule has 0 saturated carbocycles. The summed E-state index contributed by atoms with van der Waals surface area (Å²) in [5.74, 6) is -6.37. The summed E-state index contributed by atoms with van der Waals surface area (Å²) in [5.41, 5.74) is 14.4. The van der Waals surface area contributed by atoms with Gasteiger partial charge in [0.2, 0.25) is 12.1 Å². The average molecular weight is 753 g/mol. The zero-order valence-corrected chi connectivity index (χ0v) is 29.9. The first-order valence-corrected chi connectivity index (χ1v) is 17.6. The minimum Gasteiger partial charge on any atom is -0.507 e. The number of benzene rings is 4. The average Bonchev–Trinajstić information content (AvgIpc) is 3.15. The summed E-state index contributed by atoms with van der Waals surface area (Å²) in [5, 5.41) is 64.9. The molecule has 4 atom stereocenters. The summed E-state index contributed by atoms with van der Waals surface area (Å²) in [4.78, 5) is 42.0. The van der Waals surface area contributed by atoms with E-state index in [9.17, 15) is 45.0 Å². The number of carbonyl (C=O) groups is 3. The zero-order valence-electron chi connectivity index (χ0n) is 29.9. The number of aryl methyl sites for hydroxylation is 1. The maximum atomic E-state index is 14.9. The van der Waals surface area contributed by atoms with Crippen molar-refractivity contribution in [2.75, 3.05) is 0 Å². The first-order chi connectivity index (χ1) is 26.1. The van der Waals surface area contributed by atoms with Crippen LogP contribution in [0.4, 0.5) is 0 Å². The van der Waals surface area contributed by atoms with Crippen molar-refractivity contribution in [3.05, 3.63) is 122 Å². The Bertz CT molecular complexity index is 2280. The number of phenolic OH excluding ortho intramolecular Hbond substituents is 1. The number of esters is 1. The number of hydrogen-bond donors (Lipinski definition) is 8. The molecule has 1 heterocycles. The number of allylic oxidation sites excluding steroid dienone is 1. The first kappa shape index (κ1) is 38.0. The SMILES string of the molecule is CC(=O)Oc1cc(CO)c2c(c1C1=Cc3ccccc3CC1)C(=O)c1cc(O[C@H]3O[C@@H](C)[C@@H](O)C(O)(O)[C@H]3O)c(Cc3cccc(C(N)N)c3)c(O)c1C2=O. The number of nitrogens with two attached hydrogens (primary N) is 2. The molecule has 286 valence electrons. The molecule has 1 fully saturated rings. The van der Waals surface area contributed by atoms with Crippen LogP contribution in [0, 0.1) is 0 Å².